The van der Waals surface area contributed by atoms with Gasteiger partial charge in [-0.25, -0.2) is 0 Å². The van der Waals surface area contributed by atoms with Gasteiger partial charge in [-0.1, -0.05) is 29.8 Å². The van der Waals surface area contributed by atoms with Crippen LogP contribution in [0.1, 0.15) is 10.4 Å². The molecule has 0 aromatic heterocycles. The molecule has 0 radical (unpaired) electrons. The fourth-order valence-electron chi connectivity index (χ4n) is 2.04. The lowest BCUT2D eigenvalue weighted by Gasteiger charge is -2.19. The molecule has 0 bridgehead atoms. The highest BCUT2D eigenvalue weighted by Crippen LogP contribution is 2.24. The van der Waals surface area contributed by atoms with Crippen LogP contribution < -0.4 is 10.2 Å². The maximum atomic E-state index is 12.1. The summed E-state index contributed by atoms with van der Waals surface area (Å²) >= 11 is 5.73. The monoisotopic (exact) mass is 333 g/mol. The summed E-state index contributed by atoms with van der Waals surface area (Å²) < 4.78 is 0. The van der Waals surface area contributed by atoms with Gasteiger partial charge in [0.25, 0.3) is 11.6 Å². The minimum atomic E-state index is -0.609. The van der Waals surface area contributed by atoms with Crippen molar-refractivity contribution in [3.8, 4) is 0 Å². The number of carbonyl (C=O) groups is 1. The van der Waals surface area contributed by atoms with E-state index in [2.05, 4.69) is 5.32 Å². The highest BCUT2D eigenvalue weighted by Gasteiger charge is 2.16. The third kappa shape index (κ3) is 4.43. The fourth-order valence-corrected chi connectivity index (χ4v) is 2.23. The van der Waals surface area contributed by atoms with Gasteiger partial charge in [-0.2, -0.15) is 0 Å². The van der Waals surface area contributed by atoms with Gasteiger partial charge in [-0.15, -0.1) is 0 Å². The molecule has 0 aliphatic rings. The SMILES string of the molecule is CN(CCNC(=O)c1ccc(Cl)c([N+](=O)[O-])c1)c1ccccc1. The largest absolute Gasteiger partial charge is 0.373 e. The molecule has 120 valence electrons. The van der Waals surface area contributed by atoms with Gasteiger partial charge >= 0.3 is 0 Å². The molecule has 6 nitrogen and oxygen atoms in total. The van der Waals surface area contributed by atoms with Gasteiger partial charge in [-0.3, -0.25) is 14.9 Å². The van der Waals surface area contributed by atoms with E-state index in [9.17, 15) is 14.9 Å². The van der Waals surface area contributed by atoms with Crippen LogP contribution in [0, 0.1) is 10.1 Å². The zero-order chi connectivity index (χ0) is 16.8. The van der Waals surface area contributed by atoms with Crippen LogP contribution in [0.25, 0.3) is 0 Å². The van der Waals surface area contributed by atoms with Crippen LogP contribution in [-0.4, -0.2) is 31.0 Å². The van der Waals surface area contributed by atoms with E-state index >= 15 is 0 Å². The highest BCUT2D eigenvalue weighted by molar-refractivity contribution is 6.32. The van der Waals surface area contributed by atoms with Crippen molar-refractivity contribution < 1.29 is 9.72 Å². The van der Waals surface area contributed by atoms with E-state index in [1.807, 2.05) is 42.3 Å². The van der Waals surface area contributed by atoms with Crippen LogP contribution in [0.4, 0.5) is 11.4 Å². The summed E-state index contributed by atoms with van der Waals surface area (Å²) in [4.78, 5) is 24.3. The Labute approximate surface area is 138 Å². The van der Waals surface area contributed by atoms with Crippen LogP contribution in [0.5, 0.6) is 0 Å². The number of hydrogen-bond donors (Lipinski definition) is 1. The number of amides is 1. The molecule has 23 heavy (non-hydrogen) atoms. The lowest BCUT2D eigenvalue weighted by Crippen LogP contribution is -2.33. The minimum Gasteiger partial charge on any atom is -0.373 e. The van der Waals surface area contributed by atoms with Crippen molar-refractivity contribution in [2.45, 2.75) is 0 Å². The molecule has 2 aromatic rings. The Morgan fingerprint density at radius 3 is 2.61 bits per heavy atom. The normalized spacial score (nSPS) is 10.2. The van der Waals surface area contributed by atoms with Crippen molar-refractivity contribution in [2.75, 3.05) is 25.0 Å². The van der Waals surface area contributed by atoms with Crippen molar-refractivity contribution in [1.82, 2.24) is 5.32 Å². The van der Waals surface area contributed by atoms with Crippen LogP contribution in [0.15, 0.2) is 48.5 Å². The second-order valence-corrected chi connectivity index (χ2v) is 5.34. The van der Waals surface area contributed by atoms with E-state index in [-0.39, 0.29) is 22.2 Å². The van der Waals surface area contributed by atoms with Gasteiger partial charge in [0, 0.05) is 37.5 Å². The average molecular weight is 334 g/mol. The van der Waals surface area contributed by atoms with Gasteiger partial charge in [0.1, 0.15) is 5.02 Å². The molecule has 0 aliphatic heterocycles. The van der Waals surface area contributed by atoms with Crippen molar-refractivity contribution in [1.29, 1.82) is 0 Å². The molecule has 7 heteroatoms. The number of para-hydroxylation sites is 1. The number of nitrogens with zero attached hydrogens (tertiary/aromatic N) is 2. The average Bonchev–Trinajstić information content (AvgIpc) is 2.55. The molecule has 0 aliphatic carbocycles. The Bertz CT molecular complexity index is 707. The first-order chi connectivity index (χ1) is 11.0. The first-order valence-electron chi connectivity index (χ1n) is 6.97. The summed E-state index contributed by atoms with van der Waals surface area (Å²) in [6.07, 6.45) is 0. The van der Waals surface area contributed by atoms with Gasteiger partial charge in [-0.05, 0) is 24.3 Å². The molecule has 1 amide bonds. The third-order valence-corrected chi connectivity index (χ3v) is 3.65. The molecular formula is C16H16ClN3O3. The molecule has 0 heterocycles. The predicted molar refractivity (Wildman–Crippen MR) is 90.2 cm³/mol. The van der Waals surface area contributed by atoms with E-state index in [1.165, 1.54) is 18.2 Å². The molecule has 0 fully saturated rings. The van der Waals surface area contributed by atoms with Gasteiger partial charge in [0.15, 0.2) is 0 Å². The number of nitro benzene ring substituents is 1. The summed E-state index contributed by atoms with van der Waals surface area (Å²) in [5, 5.41) is 13.6. The van der Waals surface area contributed by atoms with Crippen LogP contribution in [-0.2, 0) is 0 Å². The summed E-state index contributed by atoms with van der Waals surface area (Å²) in [5.41, 5.74) is 0.980. The molecule has 0 unspecified atom stereocenters. The number of halogens is 1. The number of anilines is 1. The third-order valence-electron chi connectivity index (χ3n) is 3.33. The van der Waals surface area contributed by atoms with Crippen LogP contribution in [0.2, 0.25) is 5.02 Å². The highest BCUT2D eigenvalue weighted by atomic mass is 35.5. The number of nitro groups is 1. The van der Waals surface area contributed by atoms with Gasteiger partial charge < -0.3 is 10.2 Å². The minimum absolute atomic E-state index is 0.00959. The number of benzene rings is 2. The number of rotatable bonds is 6. The Balaban J connectivity index is 1.93. The summed E-state index contributed by atoms with van der Waals surface area (Å²) in [5.74, 6) is -0.369. The fraction of sp³-hybridized carbons (Fsp3) is 0.188. The predicted octanol–water partition coefficient (Wildman–Crippen LogP) is 3.11. The lowest BCUT2D eigenvalue weighted by molar-refractivity contribution is -0.384. The quantitative estimate of drug-likeness (QED) is 0.651. The summed E-state index contributed by atoms with van der Waals surface area (Å²) in [7, 11) is 1.93. The standard InChI is InChI=1S/C16H16ClN3O3/c1-19(13-5-3-2-4-6-13)10-9-18-16(21)12-7-8-14(17)15(11-12)20(22)23/h2-8,11H,9-10H2,1H3,(H,18,21). The molecule has 0 saturated heterocycles. The molecule has 2 aromatic carbocycles. The maximum absolute atomic E-state index is 12.1. The van der Waals surface area contributed by atoms with E-state index in [0.717, 1.165) is 5.69 Å². The number of hydrogen-bond acceptors (Lipinski definition) is 4. The van der Waals surface area contributed by atoms with E-state index in [1.54, 1.807) is 0 Å². The van der Waals surface area contributed by atoms with Crippen molar-refractivity contribution >= 4 is 28.9 Å². The van der Waals surface area contributed by atoms with E-state index < -0.39 is 4.92 Å². The van der Waals surface area contributed by atoms with E-state index in [4.69, 9.17) is 11.6 Å². The Morgan fingerprint density at radius 2 is 1.96 bits per heavy atom. The van der Waals surface area contributed by atoms with Crippen molar-refractivity contribution in [3.63, 3.8) is 0 Å². The summed E-state index contributed by atoms with van der Waals surface area (Å²) in [6.45, 7) is 1.03. The zero-order valence-electron chi connectivity index (χ0n) is 12.5. The molecule has 0 saturated carbocycles. The van der Waals surface area contributed by atoms with E-state index in [0.29, 0.717) is 13.1 Å². The molecule has 2 rings (SSSR count). The first-order valence-corrected chi connectivity index (χ1v) is 7.35. The van der Waals surface area contributed by atoms with Crippen molar-refractivity contribution in [2.24, 2.45) is 0 Å². The summed E-state index contributed by atoms with van der Waals surface area (Å²) in [6, 6.07) is 13.8. The van der Waals surface area contributed by atoms with Crippen LogP contribution in [0.3, 0.4) is 0 Å². The second-order valence-electron chi connectivity index (χ2n) is 4.94. The van der Waals surface area contributed by atoms with Crippen LogP contribution >= 0.6 is 11.6 Å². The molecule has 0 spiro atoms. The topological polar surface area (TPSA) is 75.5 Å². The maximum Gasteiger partial charge on any atom is 0.288 e. The smallest absolute Gasteiger partial charge is 0.288 e. The number of carbonyl (C=O) groups excluding carboxylic acids is 1. The first kappa shape index (κ1) is 16.8. The van der Waals surface area contributed by atoms with Crippen molar-refractivity contribution in [3.05, 3.63) is 69.2 Å². The zero-order valence-corrected chi connectivity index (χ0v) is 13.3. The van der Waals surface area contributed by atoms with Gasteiger partial charge in [0.05, 0.1) is 4.92 Å². The number of likely N-dealkylation sites (N-methyl/N-ethyl adjacent to an activating group) is 1. The Morgan fingerprint density at radius 1 is 1.26 bits per heavy atom. The van der Waals surface area contributed by atoms with Gasteiger partial charge in [0.2, 0.25) is 0 Å². The number of nitrogens with one attached hydrogen (secondary N) is 1. The Kier molecular flexibility index (Phi) is 5.54. The molecule has 0 atom stereocenters. The lowest BCUT2D eigenvalue weighted by atomic mass is 10.2. The second kappa shape index (κ2) is 7.60. The molecular weight excluding hydrogens is 318 g/mol. The molecule has 1 N–H and O–H groups in total. The Hall–Kier alpha value is -2.60.